The van der Waals surface area contributed by atoms with Crippen molar-refractivity contribution in [1.29, 1.82) is 0 Å². The zero-order valence-electron chi connectivity index (χ0n) is 12.7. The number of hydrogen-bond donors (Lipinski definition) is 2. The Hall–Kier alpha value is -1.59. The van der Waals surface area contributed by atoms with E-state index >= 15 is 0 Å². The molecule has 1 aliphatic rings. The van der Waals surface area contributed by atoms with E-state index < -0.39 is 0 Å². The topological polar surface area (TPSA) is 67.6 Å². The summed E-state index contributed by atoms with van der Waals surface area (Å²) in [7, 11) is 0. The van der Waals surface area contributed by atoms with Gasteiger partial charge in [-0.05, 0) is 31.5 Å². The van der Waals surface area contributed by atoms with Crippen LogP contribution in [0.1, 0.15) is 19.8 Å². The molecule has 2 rings (SSSR count). The number of carbonyl (C=O) groups is 1. The smallest absolute Gasteiger partial charge is 0.227 e. The van der Waals surface area contributed by atoms with Crippen molar-refractivity contribution in [1.82, 2.24) is 0 Å². The van der Waals surface area contributed by atoms with Gasteiger partial charge in [-0.15, -0.1) is 0 Å². The van der Waals surface area contributed by atoms with Crippen LogP contribution in [0, 0.1) is 5.92 Å². The third-order valence-corrected chi connectivity index (χ3v) is 3.80. The van der Waals surface area contributed by atoms with E-state index in [0.717, 1.165) is 50.5 Å². The summed E-state index contributed by atoms with van der Waals surface area (Å²) in [6.07, 6.45) is 1.70. The fourth-order valence-corrected chi connectivity index (χ4v) is 2.47. The fourth-order valence-electron chi connectivity index (χ4n) is 2.47. The van der Waals surface area contributed by atoms with Crippen molar-refractivity contribution in [3.8, 4) is 0 Å². The van der Waals surface area contributed by atoms with Crippen LogP contribution in [0.3, 0.4) is 0 Å². The zero-order chi connectivity index (χ0) is 15.1. The minimum absolute atomic E-state index is 0.0219. The summed E-state index contributed by atoms with van der Waals surface area (Å²) < 4.78 is 5.38. The normalized spacial score (nSPS) is 16.6. The third kappa shape index (κ3) is 4.44. The lowest BCUT2D eigenvalue weighted by Crippen LogP contribution is -2.37. The second-order valence-corrected chi connectivity index (χ2v) is 5.44. The number of anilines is 2. The predicted octanol–water partition coefficient (Wildman–Crippen LogP) is 1.84. The molecule has 1 saturated heterocycles. The molecule has 5 heteroatoms. The summed E-state index contributed by atoms with van der Waals surface area (Å²) >= 11 is 0. The summed E-state index contributed by atoms with van der Waals surface area (Å²) in [5.74, 6) is 0.0375. The Kier molecular flexibility index (Phi) is 6.02. The van der Waals surface area contributed by atoms with E-state index in [2.05, 4.69) is 10.2 Å². The molecule has 5 nitrogen and oxygen atoms in total. The summed E-state index contributed by atoms with van der Waals surface area (Å²) in [5.41, 5.74) is 7.45. The highest BCUT2D eigenvalue weighted by Crippen LogP contribution is 2.27. The average Bonchev–Trinajstić information content (AvgIpc) is 2.54. The highest BCUT2D eigenvalue weighted by Gasteiger charge is 2.18. The van der Waals surface area contributed by atoms with Crippen LogP contribution in [0.25, 0.3) is 0 Å². The number of carbonyl (C=O) groups excluding carboxylic acids is 1. The van der Waals surface area contributed by atoms with E-state index in [1.807, 2.05) is 31.2 Å². The Morgan fingerprint density at radius 3 is 2.81 bits per heavy atom. The molecule has 1 fully saturated rings. The van der Waals surface area contributed by atoms with Gasteiger partial charge >= 0.3 is 0 Å². The number of para-hydroxylation sites is 2. The number of benzene rings is 1. The lowest BCUT2D eigenvalue weighted by atomic mass is 10.0. The van der Waals surface area contributed by atoms with E-state index in [1.165, 1.54) is 0 Å². The SMILES string of the molecule is CC(CCCN)C(=O)Nc1ccccc1N1CCOCC1. The van der Waals surface area contributed by atoms with Crippen LogP contribution in [-0.2, 0) is 9.53 Å². The highest BCUT2D eigenvalue weighted by atomic mass is 16.5. The minimum atomic E-state index is -0.0219. The number of nitrogens with zero attached hydrogens (tertiary/aromatic N) is 1. The molecular formula is C16H25N3O2. The van der Waals surface area contributed by atoms with Crippen molar-refractivity contribution in [2.75, 3.05) is 43.1 Å². The van der Waals surface area contributed by atoms with Gasteiger partial charge in [0, 0.05) is 19.0 Å². The molecule has 0 radical (unpaired) electrons. The van der Waals surface area contributed by atoms with Crippen LogP contribution in [0.5, 0.6) is 0 Å². The average molecular weight is 291 g/mol. The van der Waals surface area contributed by atoms with Crippen molar-refractivity contribution in [2.24, 2.45) is 11.7 Å². The maximum Gasteiger partial charge on any atom is 0.227 e. The van der Waals surface area contributed by atoms with Gasteiger partial charge in [0.2, 0.25) is 5.91 Å². The first-order chi connectivity index (χ1) is 10.2. The van der Waals surface area contributed by atoms with Gasteiger partial charge in [-0.2, -0.15) is 0 Å². The van der Waals surface area contributed by atoms with Gasteiger partial charge in [0.25, 0.3) is 0 Å². The van der Waals surface area contributed by atoms with Gasteiger partial charge < -0.3 is 20.7 Å². The molecule has 1 aromatic rings. The van der Waals surface area contributed by atoms with Crippen LogP contribution in [0.2, 0.25) is 0 Å². The van der Waals surface area contributed by atoms with Crippen molar-refractivity contribution >= 4 is 17.3 Å². The van der Waals surface area contributed by atoms with E-state index in [-0.39, 0.29) is 11.8 Å². The fraction of sp³-hybridized carbons (Fsp3) is 0.562. The van der Waals surface area contributed by atoms with E-state index in [9.17, 15) is 4.79 Å². The molecule has 0 aliphatic carbocycles. The van der Waals surface area contributed by atoms with Gasteiger partial charge in [0.1, 0.15) is 0 Å². The largest absolute Gasteiger partial charge is 0.378 e. The molecule has 0 bridgehead atoms. The predicted molar refractivity (Wildman–Crippen MR) is 85.6 cm³/mol. The van der Waals surface area contributed by atoms with E-state index in [0.29, 0.717) is 6.54 Å². The molecule has 1 amide bonds. The lowest BCUT2D eigenvalue weighted by Gasteiger charge is -2.30. The Bertz CT molecular complexity index is 459. The molecular weight excluding hydrogens is 266 g/mol. The molecule has 1 atom stereocenters. The molecule has 3 N–H and O–H groups in total. The molecule has 1 aromatic carbocycles. The highest BCUT2D eigenvalue weighted by molar-refractivity contribution is 5.95. The second kappa shape index (κ2) is 8.00. The molecule has 21 heavy (non-hydrogen) atoms. The van der Waals surface area contributed by atoms with Crippen molar-refractivity contribution in [3.05, 3.63) is 24.3 Å². The number of ether oxygens (including phenoxy) is 1. The third-order valence-electron chi connectivity index (χ3n) is 3.80. The molecule has 1 heterocycles. The standard InChI is InChI=1S/C16H25N3O2/c1-13(5-4-8-17)16(20)18-14-6-2-3-7-15(14)19-9-11-21-12-10-19/h2-3,6-7,13H,4-5,8-12,17H2,1H3,(H,18,20). The summed E-state index contributed by atoms with van der Waals surface area (Å²) in [5, 5.41) is 3.05. The van der Waals surface area contributed by atoms with Gasteiger partial charge in [0.15, 0.2) is 0 Å². The van der Waals surface area contributed by atoms with E-state index in [1.54, 1.807) is 0 Å². The number of rotatable bonds is 6. The molecule has 1 aliphatic heterocycles. The van der Waals surface area contributed by atoms with Crippen LogP contribution in [-0.4, -0.2) is 38.8 Å². The molecule has 0 saturated carbocycles. The first-order valence-electron chi connectivity index (χ1n) is 7.65. The first-order valence-corrected chi connectivity index (χ1v) is 7.65. The van der Waals surface area contributed by atoms with Crippen LogP contribution in [0.15, 0.2) is 24.3 Å². The van der Waals surface area contributed by atoms with Crippen molar-refractivity contribution in [3.63, 3.8) is 0 Å². The maximum atomic E-state index is 12.3. The van der Waals surface area contributed by atoms with Crippen LogP contribution < -0.4 is 16.0 Å². The molecule has 0 aromatic heterocycles. The van der Waals surface area contributed by atoms with Crippen LogP contribution >= 0.6 is 0 Å². The van der Waals surface area contributed by atoms with E-state index in [4.69, 9.17) is 10.5 Å². The number of nitrogens with two attached hydrogens (primary N) is 1. The molecule has 116 valence electrons. The van der Waals surface area contributed by atoms with Gasteiger partial charge in [-0.3, -0.25) is 4.79 Å². The van der Waals surface area contributed by atoms with Gasteiger partial charge in [-0.1, -0.05) is 19.1 Å². The van der Waals surface area contributed by atoms with Crippen LogP contribution in [0.4, 0.5) is 11.4 Å². The van der Waals surface area contributed by atoms with Crippen molar-refractivity contribution < 1.29 is 9.53 Å². The number of nitrogens with one attached hydrogen (secondary N) is 1. The lowest BCUT2D eigenvalue weighted by molar-refractivity contribution is -0.119. The minimum Gasteiger partial charge on any atom is -0.378 e. The Morgan fingerprint density at radius 2 is 2.10 bits per heavy atom. The Labute approximate surface area is 126 Å². The summed E-state index contributed by atoms with van der Waals surface area (Å²) in [6, 6.07) is 7.95. The second-order valence-electron chi connectivity index (χ2n) is 5.44. The number of hydrogen-bond acceptors (Lipinski definition) is 4. The molecule has 1 unspecified atom stereocenters. The zero-order valence-corrected chi connectivity index (χ0v) is 12.7. The quantitative estimate of drug-likeness (QED) is 0.839. The Balaban J connectivity index is 2.03. The molecule has 0 spiro atoms. The summed E-state index contributed by atoms with van der Waals surface area (Å²) in [6.45, 7) is 5.75. The number of amides is 1. The maximum absolute atomic E-state index is 12.3. The first kappa shape index (κ1) is 15.8. The summed E-state index contributed by atoms with van der Waals surface area (Å²) in [4.78, 5) is 14.5. The monoisotopic (exact) mass is 291 g/mol. The van der Waals surface area contributed by atoms with Crippen molar-refractivity contribution in [2.45, 2.75) is 19.8 Å². The van der Waals surface area contributed by atoms with Gasteiger partial charge in [-0.25, -0.2) is 0 Å². The Morgan fingerprint density at radius 1 is 1.38 bits per heavy atom. The number of morpholine rings is 1. The van der Waals surface area contributed by atoms with Gasteiger partial charge in [0.05, 0.1) is 24.6 Å².